The van der Waals surface area contributed by atoms with Gasteiger partial charge in [-0.2, -0.15) is 0 Å². The van der Waals surface area contributed by atoms with E-state index in [1.807, 2.05) is 12.1 Å². The van der Waals surface area contributed by atoms with Crippen molar-refractivity contribution in [3.05, 3.63) is 29.8 Å². The first kappa shape index (κ1) is 16.3. The minimum absolute atomic E-state index is 0. The van der Waals surface area contributed by atoms with Gasteiger partial charge in [0.25, 0.3) is 0 Å². The number of methoxy groups -OCH3 is 1. The summed E-state index contributed by atoms with van der Waals surface area (Å²) in [5, 5.41) is 0. The topological polar surface area (TPSA) is 38.5 Å². The van der Waals surface area contributed by atoms with E-state index >= 15 is 0 Å². The van der Waals surface area contributed by atoms with E-state index in [9.17, 15) is 0 Å². The first-order chi connectivity index (χ1) is 8.60. The van der Waals surface area contributed by atoms with Crippen LogP contribution in [-0.2, 0) is 0 Å². The molecule has 1 saturated heterocycles. The van der Waals surface area contributed by atoms with Crippen LogP contribution >= 0.6 is 12.4 Å². The van der Waals surface area contributed by atoms with Crippen LogP contribution in [0.1, 0.15) is 25.3 Å². The Kier molecular flexibility index (Phi) is 6.11. The van der Waals surface area contributed by atoms with E-state index in [2.05, 4.69) is 30.9 Å². The molecule has 2 N–H and O–H groups in total. The average molecular weight is 285 g/mol. The highest BCUT2D eigenvalue weighted by Gasteiger charge is 2.27. The minimum Gasteiger partial charge on any atom is -0.497 e. The third kappa shape index (κ3) is 4.10. The number of ether oxygens (including phenoxy) is 1. The molecule has 0 saturated carbocycles. The molecule has 1 fully saturated rings. The third-order valence-corrected chi connectivity index (χ3v) is 3.96. The highest BCUT2D eigenvalue weighted by Crippen LogP contribution is 2.23. The molecule has 0 bridgehead atoms. The SMILES string of the molecule is COc1ccc(C(C)CN2CC(C)C(N)C2)cc1.Cl. The molecule has 1 heterocycles. The molecule has 0 aliphatic carbocycles. The average Bonchev–Trinajstić information content (AvgIpc) is 2.68. The Morgan fingerprint density at radius 1 is 1.32 bits per heavy atom. The van der Waals surface area contributed by atoms with E-state index in [-0.39, 0.29) is 12.4 Å². The highest BCUT2D eigenvalue weighted by molar-refractivity contribution is 5.85. The van der Waals surface area contributed by atoms with Gasteiger partial charge in [0.15, 0.2) is 0 Å². The predicted molar refractivity (Wildman–Crippen MR) is 82.2 cm³/mol. The molecule has 3 nitrogen and oxygen atoms in total. The fourth-order valence-electron chi connectivity index (χ4n) is 2.67. The molecule has 0 amide bonds. The van der Waals surface area contributed by atoms with Gasteiger partial charge in [-0.25, -0.2) is 0 Å². The number of hydrogen-bond acceptors (Lipinski definition) is 3. The third-order valence-electron chi connectivity index (χ3n) is 3.96. The Bertz CT molecular complexity index is 372. The molecule has 108 valence electrons. The molecule has 2 rings (SSSR count). The van der Waals surface area contributed by atoms with Crippen molar-refractivity contribution < 1.29 is 4.74 Å². The van der Waals surface area contributed by atoms with E-state index < -0.39 is 0 Å². The van der Waals surface area contributed by atoms with Crippen molar-refractivity contribution in [1.82, 2.24) is 4.90 Å². The summed E-state index contributed by atoms with van der Waals surface area (Å²) in [4.78, 5) is 2.48. The van der Waals surface area contributed by atoms with Crippen LogP contribution in [0.15, 0.2) is 24.3 Å². The molecule has 19 heavy (non-hydrogen) atoms. The largest absolute Gasteiger partial charge is 0.497 e. The zero-order valence-corrected chi connectivity index (χ0v) is 12.8. The van der Waals surface area contributed by atoms with Gasteiger partial charge in [0.05, 0.1) is 7.11 Å². The minimum atomic E-state index is 0. The molecule has 1 aromatic rings. The number of nitrogens with zero attached hydrogens (tertiary/aromatic N) is 1. The summed E-state index contributed by atoms with van der Waals surface area (Å²) in [6.45, 7) is 7.76. The van der Waals surface area contributed by atoms with Gasteiger partial charge in [-0.1, -0.05) is 26.0 Å². The number of likely N-dealkylation sites (tertiary alicyclic amines) is 1. The van der Waals surface area contributed by atoms with Gasteiger partial charge in [0.1, 0.15) is 5.75 Å². The van der Waals surface area contributed by atoms with Crippen molar-refractivity contribution in [2.75, 3.05) is 26.7 Å². The molecule has 1 aliphatic heterocycles. The number of rotatable bonds is 4. The second kappa shape index (κ2) is 7.13. The highest BCUT2D eigenvalue weighted by atomic mass is 35.5. The lowest BCUT2D eigenvalue weighted by molar-refractivity contribution is 0.309. The number of nitrogens with two attached hydrogens (primary N) is 1. The van der Waals surface area contributed by atoms with Crippen LogP contribution in [0, 0.1) is 5.92 Å². The summed E-state index contributed by atoms with van der Waals surface area (Å²) >= 11 is 0. The van der Waals surface area contributed by atoms with Crippen LogP contribution in [0.2, 0.25) is 0 Å². The first-order valence-electron chi connectivity index (χ1n) is 6.72. The molecule has 1 aliphatic rings. The van der Waals surface area contributed by atoms with Crippen LogP contribution in [0.3, 0.4) is 0 Å². The van der Waals surface area contributed by atoms with Crippen molar-refractivity contribution in [2.45, 2.75) is 25.8 Å². The zero-order chi connectivity index (χ0) is 13.1. The second-order valence-corrected chi connectivity index (χ2v) is 5.53. The lowest BCUT2D eigenvalue weighted by Gasteiger charge is -2.21. The van der Waals surface area contributed by atoms with Crippen molar-refractivity contribution in [3.8, 4) is 5.75 Å². The summed E-state index contributed by atoms with van der Waals surface area (Å²) in [5.74, 6) is 2.07. The predicted octanol–water partition coefficient (Wildman–Crippen LogP) is 2.50. The van der Waals surface area contributed by atoms with Crippen molar-refractivity contribution >= 4 is 12.4 Å². The lowest BCUT2D eigenvalue weighted by Crippen LogP contribution is -2.30. The maximum atomic E-state index is 6.06. The Morgan fingerprint density at radius 3 is 2.42 bits per heavy atom. The molecule has 3 unspecified atom stereocenters. The van der Waals surface area contributed by atoms with Crippen molar-refractivity contribution in [3.63, 3.8) is 0 Å². The fourth-order valence-corrected chi connectivity index (χ4v) is 2.67. The van der Waals surface area contributed by atoms with E-state index in [1.165, 1.54) is 5.56 Å². The second-order valence-electron chi connectivity index (χ2n) is 5.53. The zero-order valence-electron chi connectivity index (χ0n) is 12.0. The van der Waals surface area contributed by atoms with E-state index in [0.717, 1.165) is 25.4 Å². The molecular formula is C15H25ClN2O. The Morgan fingerprint density at radius 2 is 1.95 bits per heavy atom. The van der Waals surface area contributed by atoms with Crippen LogP contribution in [0.25, 0.3) is 0 Å². The van der Waals surface area contributed by atoms with Crippen LogP contribution < -0.4 is 10.5 Å². The number of hydrogen-bond donors (Lipinski definition) is 1. The van der Waals surface area contributed by atoms with Gasteiger partial charge in [0.2, 0.25) is 0 Å². The van der Waals surface area contributed by atoms with Gasteiger partial charge in [-0.3, -0.25) is 0 Å². The van der Waals surface area contributed by atoms with E-state index in [1.54, 1.807) is 7.11 Å². The van der Waals surface area contributed by atoms with Gasteiger partial charge in [-0.05, 0) is 29.5 Å². The summed E-state index contributed by atoms with van der Waals surface area (Å²) < 4.78 is 5.18. The summed E-state index contributed by atoms with van der Waals surface area (Å²) in [6.07, 6.45) is 0. The molecule has 3 atom stereocenters. The summed E-state index contributed by atoms with van der Waals surface area (Å²) in [6, 6.07) is 8.72. The van der Waals surface area contributed by atoms with Crippen LogP contribution in [0.5, 0.6) is 5.75 Å². The lowest BCUT2D eigenvalue weighted by atomic mass is 10.0. The van der Waals surface area contributed by atoms with Gasteiger partial charge >= 0.3 is 0 Å². The van der Waals surface area contributed by atoms with Crippen molar-refractivity contribution in [2.24, 2.45) is 11.7 Å². The number of halogens is 1. The van der Waals surface area contributed by atoms with E-state index in [4.69, 9.17) is 10.5 Å². The smallest absolute Gasteiger partial charge is 0.118 e. The number of benzene rings is 1. The van der Waals surface area contributed by atoms with E-state index in [0.29, 0.717) is 17.9 Å². The monoisotopic (exact) mass is 284 g/mol. The molecule has 1 aromatic carbocycles. The van der Waals surface area contributed by atoms with Crippen LogP contribution in [-0.4, -0.2) is 37.7 Å². The van der Waals surface area contributed by atoms with Crippen molar-refractivity contribution in [1.29, 1.82) is 0 Å². The summed E-state index contributed by atoms with van der Waals surface area (Å²) in [7, 11) is 1.70. The maximum Gasteiger partial charge on any atom is 0.118 e. The quantitative estimate of drug-likeness (QED) is 0.923. The molecule has 4 heteroatoms. The Balaban J connectivity index is 0.00000180. The fraction of sp³-hybridized carbons (Fsp3) is 0.600. The molecule has 0 radical (unpaired) electrons. The van der Waals surface area contributed by atoms with Gasteiger partial charge < -0.3 is 15.4 Å². The summed E-state index contributed by atoms with van der Waals surface area (Å²) in [5.41, 5.74) is 7.43. The Hall–Kier alpha value is -0.770. The van der Waals surface area contributed by atoms with Gasteiger partial charge in [-0.15, -0.1) is 12.4 Å². The molecule has 0 spiro atoms. The standard InChI is InChI=1S/C15H24N2O.ClH/c1-11(8-17-9-12(2)15(16)10-17)13-4-6-14(18-3)7-5-13;/h4-7,11-12,15H,8-10,16H2,1-3H3;1H. The molecule has 0 aromatic heterocycles. The van der Waals surface area contributed by atoms with Crippen LogP contribution in [0.4, 0.5) is 0 Å². The molecular weight excluding hydrogens is 260 g/mol. The normalized spacial score (nSPS) is 24.8. The maximum absolute atomic E-state index is 6.06. The Labute approximate surface area is 122 Å². The van der Waals surface area contributed by atoms with Gasteiger partial charge in [0, 0.05) is 25.7 Å². The first-order valence-corrected chi connectivity index (χ1v) is 6.72.